The Morgan fingerprint density at radius 1 is 1.13 bits per heavy atom. The number of aliphatic hydroxyl groups is 1. The van der Waals surface area contributed by atoms with Gasteiger partial charge in [-0.15, -0.1) is 0 Å². The van der Waals surface area contributed by atoms with E-state index in [0.29, 0.717) is 13.1 Å². The molecule has 2 fully saturated rings. The molecule has 2 aromatic rings. The lowest BCUT2D eigenvalue weighted by molar-refractivity contribution is 0.0279. The van der Waals surface area contributed by atoms with Crippen molar-refractivity contribution in [3.05, 3.63) is 53.5 Å². The van der Waals surface area contributed by atoms with Gasteiger partial charge in [-0.2, -0.15) is 0 Å². The fraction of sp³-hybridized carbons (Fsp3) is 0.565. The van der Waals surface area contributed by atoms with Gasteiger partial charge in [-0.05, 0) is 31.5 Å². The molecule has 0 bridgehead atoms. The van der Waals surface area contributed by atoms with Gasteiger partial charge in [0.1, 0.15) is 12.1 Å². The van der Waals surface area contributed by atoms with Gasteiger partial charge in [-0.3, -0.25) is 9.80 Å². The van der Waals surface area contributed by atoms with E-state index in [9.17, 15) is 5.11 Å². The van der Waals surface area contributed by atoms with E-state index in [4.69, 9.17) is 4.74 Å². The Hall–Kier alpha value is -2.06. The van der Waals surface area contributed by atoms with Gasteiger partial charge in [0.25, 0.3) is 0 Å². The summed E-state index contributed by atoms with van der Waals surface area (Å²) in [4.78, 5) is 15.4. The molecule has 0 radical (unpaired) electrons. The van der Waals surface area contributed by atoms with Crippen LogP contribution in [-0.2, 0) is 17.8 Å². The van der Waals surface area contributed by atoms with Crippen LogP contribution >= 0.6 is 0 Å². The van der Waals surface area contributed by atoms with Crippen molar-refractivity contribution in [3.8, 4) is 0 Å². The van der Waals surface area contributed by atoms with E-state index in [2.05, 4.69) is 56.0 Å². The van der Waals surface area contributed by atoms with Gasteiger partial charge in [0.15, 0.2) is 0 Å². The van der Waals surface area contributed by atoms with Crippen molar-refractivity contribution in [1.29, 1.82) is 0 Å². The van der Waals surface area contributed by atoms with Crippen molar-refractivity contribution in [2.75, 3.05) is 57.9 Å². The van der Waals surface area contributed by atoms with Gasteiger partial charge >= 0.3 is 0 Å². The third-order valence-electron chi connectivity index (χ3n) is 5.96. The van der Waals surface area contributed by atoms with Crippen LogP contribution in [0.4, 0.5) is 5.82 Å². The molecule has 2 saturated heterocycles. The van der Waals surface area contributed by atoms with Crippen LogP contribution in [0.25, 0.3) is 0 Å². The fourth-order valence-electron chi connectivity index (χ4n) is 4.51. The van der Waals surface area contributed by atoms with Gasteiger partial charge in [0.05, 0.1) is 18.8 Å². The highest BCUT2D eigenvalue weighted by molar-refractivity contribution is 5.41. The second-order valence-corrected chi connectivity index (χ2v) is 8.79. The van der Waals surface area contributed by atoms with Crippen molar-refractivity contribution in [2.24, 2.45) is 0 Å². The second kappa shape index (κ2) is 9.39. The molecule has 0 saturated carbocycles. The fourth-order valence-corrected chi connectivity index (χ4v) is 4.51. The van der Waals surface area contributed by atoms with Gasteiger partial charge < -0.3 is 14.7 Å². The quantitative estimate of drug-likeness (QED) is 0.744. The second-order valence-electron chi connectivity index (χ2n) is 8.79. The van der Waals surface area contributed by atoms with Crippen LogP contribution in [0.2, 0.25) is 0 Å². The number of aromatic nitrogens is 2. The molecule has 1 aromatic heterocycles. The third-order valence-corrected chi connectivity index (χ3v) is 5.96. The highest BCUT2D eigenvalue weighted by Crippen LogP contribution is 2.26. The molecule has 30 heavy (non-hydrogen) atoms. The van der Waals surface area contributed by atoms with E-state index in [1.165, 1.54) is 11.1 Å². The molecule has 7 heteroatoms. The van der Waals surface area contributed by atoms with Crippen LogP contribution in [0.15, 0.2) is 36.7 Å². The smallest absolute Gasteiger partial charge is 0.132 e. The maximum Gasteiger partial charge on any atom is 0.132 e. The molecule has 4 rings (SSSR count). The summed E-state index contributed by atoms with van der Waals surface area (Å²) in [5.41, 5.74) is 2.85. The first-order valence-electron chi connectivity index (χ1n) is 10.8. The summed E-state index contributed by atoms with van der Waals surface area (Å²) < 4.78 is 5.45. The Balaban J connectivity index is 1.32. The summed E-state index contributed by atoms with van der Waals surface area (Å²) in [5.74, 6) is 0.900. The van der Waals surface area contributed by atoms with Crippen LogP contribution in [0, 0.1) is 6.92 Å². The molecule has 1 aromatic carbocycles. The molecule has 1 N–H and O–H groups in total. The number of hydrogen-bond donors (Lipinski definition) is 1. The van der Waals surface area contributed by atoms with Crippen LogP contribution < -0.4 is 4.90 Å². The van der Waals surface area contributed by atoms with Gasteiger partial charge in [0.2, 0.25) is 0 Å². The van der Waals surface area contributed by atoms with Crippen LogP contribution in [0.1, 0.15) is 23.2 Å². The van der Waals surface area contributed by atoms with E-state index in [1.807, 2.05) is 13.0 Å². The summed E-state index contributed by atoms with van der Waals surface area (Å²) in [7, 11) is 2.09. The van der Waals surface area contributed by atoms with E-state index >= 15 is 0 Å². The van der Waals surface area contributed by atoms with Crippen molar-refractivity contribution >= 4 is 5.82 Å². The molecule has 0 amide bonds. The van der Waals surface area contributed by atoms with E-state index in [0.717, 1.165) is 63.9 Å². The Kier molecular flexibility index (Phi) is 6.63. The Morgan fingerprint density at radius 2 is 1.93 bits per heavy atom. The zero-order valence-corrected chi connectivity index (χ0v) is 18.1. The maximum absolute atomic E-state index is 11.2. The molecule has 0 unspecified atom stereocenters. The standard InChI is InChI=1S/C23H33N5O2/c1-19-12-22(25-18-24-19)28-7-6-23(29,17-28)16-26(2)14-20-4-3-5-21(13-20)15-27-8-10-30-11-9-27/h3-5,12-13,18,29H,6-11,14-17H2,1-2H3/t23-/m1/s1. The van der Waals surface area contributed by atoms with Crippen molar-refractivity contribution in [2.45, 2.75) is 32.0 Å². The minimum atomic E-state index is -0.723. The van der Waals surface area contributed by atoms with Gasteiger partial charge in [-0.1, -0.05) is 24.3 Å². The monoisotopic (exact) mass is 411 g/mol. The van der Waals surface area contributed by atoms with Gasteiger partial charge in [0, 0.05) is 57.6 Å². The Labute approximate surface area is 179 Å². The first-order chi connectivity index (χ1) is 14.5. The van der Waals surface area contributed by atoms with E-state index in [1.54, 1.807) is 6.33 Å². The van der Waals surface area contributed by atoms with Crippen molar-refractivity contribution in [3.63, 3.8) is 0 Å². The normalized spacial score (nSPS) is 22.7. The SMILES string of the molecule is Cc1cc(N2CC[C@@](O)(CN(C)Cc3cccc(CN4CCOCC4)c3)C2)ncn1. The summed E-state index contributed by atoms with van der Waals surface area (Å²) in [5, 5.41) is 11.2. The molecule has 1 atom stereocenters. The topological polar surface area (TPSA) is 65.0 Å². The number of aryl methyl sites for hydroxylation is 1. The van der Waals surface area contributed by atoms with E-state index in [-0.39, 0.29) is 0 Å². The van der Waals surface area contributed by atoms with E-state index < -0.39 is 5.60 Å². The molecular formula is C23H33N5O2. The number of nitrogens with zero attached hydrogens (tertiary/aromatic N) is 5. The number of anilines is 1. The molecule has 2 aliphatic heterocycles. The number of β-amino-alcohol motifs (C(OH)–C–C–N with tert-alkyl or cyclic N) is 1. The summed E-state index contributed by atoms with van der Waals surface area (Å²) in [6, 6.07) is 10.8. The molecule has 162 valence electrons. The number of morpholine rings is 1. The van der Waals surface area contributed by atoms with Gasteiger partial charge in [-0.25, -0.2) is 9.97 Å². The maximum atomic E-state index is 11.2. The molecule has 7 nitrogen and oxygen atoms in total. The number of rotatable bonds is 7. The number of likely N-dealkylation sites (N-methyl/N-ethyl adjacent to an activating group) is 1. The Morgan fingerprint density at radius 3 is 2.73 bits per heavy atom. The summed E-state index contributed by atoms with van der Waals surface area (Å²) >= 11 is 0. The molecule has 0 spiro atoms. The molecule has 3 heterocycles. The molecule has 0 aliphatic carbocycles. The zero-order chi connectivity index (χ0) is 21.0. The number of hydrogen-bond acceptors (Lipinski definition) is 7. The largest absolute Gasteiger partial charge is 0.387 e. The lowest BCUT2D eigenvalue weighted by Crippen LogP contribution is -2.43. The average Bonchev–Trinajstić information content (AvgIpc) is 3.10. The predicted molar refractivity (Wildman–Crippen MR) is 117 cm³/mol. The molecule has 2 aliphatic rings. The van der Waals surface area contributed by atoms with Crippen molar-refractivity contribution < 1.29 is 9.84 Å². The average molecular weight is 412 g/mol. The minimum Gasteiger partial charge on any atom is -0.387 e. The summed E-state index contributed by atoms with van der Waals surface area (Å²) in [6.07, 6.45) is 2.34. The lowest BCUT2D eigenvalue weighted by atomic mass is 10.0. The summed E-state index contributed by atoms with van der Waals surface area (Å²) in [6.45, 7) is 9.47. The first kappa shape index (κ1) is 21.2. The van der Waals surface area contributed by atoms with Crippen molar-refractivity contribution in [1.82, 2.24) is 19.8 Å². The van der Waals surface area contributed by atoms with Crippen LogP contribution in [0.3, 0.4) is 0 Å². The van der Waals surface area contributed by atoms with Crippen LogP contribution in [-0.4, -0.2) is 83.5 Å². The first-order valence-corrected chi connectivity index (χ1v) is 10.8. The highest BCUT2D eigenvalue weighted by Gasteiger charge is 2.37. The highest BCUT2D eigenvalue weighted by atomic mass is 16.5. The molecular weight excluding hydrogens is 378 g/mol. The number of benzene rings is 1. The lowest BCUT2D eigenvalue weighted by Gasteiger charge is -2.29. The third kappa shape index (κ3) is 5.55. The van der Waals surface area contributed by atoms with Crippen LogP contribution in [0.5, 0.6) is 0 Å². The minimum absolute atomic E-state index is 0.602. The zero-order valence-electron chi connectivity index (χ0n) is 18.1. The number of ether oxygens (including phenoxy) is 1. The predicted octanol–water partition coefficient (Wildman–Crippen LogP) is 1.69. The Bertz CT molecular complexity index is 842.